The molecule has 5 atom stereocenters. The molecule has 11 nitrogen and oxygen atoms in total. The lowest BCUT2D eigenvalue weighted by Gasteiger charge is -2.37. The zero-order valence-corrected chi connectivity index (χ0v) is 20.2. The Kier molecular flexibility index (Phi) is 14.3. The number of esters is 5. The summed E-state index contributed by atoms with van der Waals surface area (Å²) in [7, 11) is 0. The SMILES string of the molecule is CCOC(SCC)C(OC(C)=O)C(OC(C)=O)C(OC(C)=O)C(COC(C)=O)OC(C)=O. The van der Waals surface area contributed by atoms with E-state index < -0.39 is 66.3 Å². The molecule has 12 heteroatoms. The van der Waals surface area contributed by atoms with Crippen LogP contribution in [0.2, 0.25) is 0 Å². The summed E-state index contributed by atoms with van der Waals surface area (Å²) in [6, 6.07) is 0. The molecule has 0 rings (SSSR count). The third-order valence-electron chi connectivity index (χ3n) is 3.62. The van der Waals surface area contributed by atoms with Crippen LogP contribution in [0.1, 0.15) is 48.5 Å². The molecule has 0 aromatic rings. The number of hydrogen-bond donors (Lipinski definition) is 0. The van der Waals surface area contributed by atoms with Crippen LogP contribution in [0.3, 0.4) is 0 Å². The molecule has 5 unspecified atom stereocenters. The molecular formula is C20H32O11S. The highest BCUT2D eigenvalue weighted by atomic mass is 32.2. The Labute approximate surface area is 191 Å². The summed E-state index contributed by atoms with van der Waals surface area (Å²) in [5.41, 5.74) is -0.817. The molecule has 0 aromatic carbocycles. The van der Waals surface area contributed by atoms with Crippen molar-refractivity contribution in [3.8, 4) is 0 Å². The predicted octanol–water partition coefficient (Wildman–Crippen LogP) is 1.39. The molecule has 0 aliphatic heterocycles. The standard InChI is InChI=1S/C20H32O11S/c1-8-26-20(32-9-2)19(31-15(7)25)18(30-14(6)24)17(29-13(5)23)16(28-12(4)22)10-27-11(3)21/h16-20H,8-10H2,1-7H3. The van der Waals surface area contributed by atoms with Crippen LogP contribution in [0.15, 0.2) is 0 Å². The maximum absolute atomic E-state index is 11.9. The molecule has 0 fully saturated rings. The van der Waals surface area contributed by atoms with Crippen molar-refractivity contribution in [1.82, 2.24) is 0 Å². The third kappa shape index (κ3) is 11.9. The summed E-state index contributed by atoms with van der Waals surface area (Å²) in [5.74, 6) is -3.19. The molecule has 0 radical (unpaired) electrons. The van der Waals surface area contributed by atoms with E-state index in [0.29, 0.717) is 5.75 Å². The molecule has 0 aliphatic rings. The lowest BCUT2D eigenvalue weighted by atomic mass is 10.0. The van der Waals surface area contributed by atoms with E-state index in [0.717, 1.165) is 34.6 Å². The van der Waals surface area contributed by atoms with Gasteiger partial charge < -0.3 is 28.4 Å². The monoisotopic (exact) mass is 480 g/mol. The Bertz CT molecular complexity index is 645. The van der Waals surface area contributed by atoms with Crippen molar-refractivity contribution < 1.29 is 52.4 Å². The average Bonchev–Trinajstić information content (AvgIpc) is 2.65. The van der Waals surface area contributed by atoms with Gasteiger partial charge in [-0.3, -0.25) is 24.0 Å². The number of thioether (sulfide) groups is 1. The molecule has 0 bridgehead atoms. The first-order valence-electron chi connectivity index (χ1n) is 9.98. The second-order valence-electron chi connectivity index (χ2n) is 6.45. The van der Waals surface area contributed by atoms with Gasteiger partial charge in [0.2, 0.25) is 0 Å². The molecule has 0 spiro atoms. The molecule has 0 saturated carbocycles. The minimum Gasteiger partial charge on any atom is -0.462 e. The van der Waals surface area contributed by atoms with Crippen LogP contribution in [-0.2, 0) is 52.4 Å². The van der Waals surface area contributed by atoms with Crippen LogP contribution in [0.5, 0.6) is 0 Å². The van der Waals surface area contributed by atoms with E-state index in [1.807, 2.05) is 6.92 Å². The Morgan fingerprint density at radius 3 is 1.53 bits per heavy atom. The first-order valence-corrected chi connectivity index (χ1v) is 11.0. The maximum atomic E-state index is 11.9. The van der Waals surface area contributed by atoms with Crippen molar-refractivity contribution in [2.75, 3.05) is 19.0 Å². The number of carbonyl (C=O) groups is 5. The summed E-state index contributed by atoms with van der Waals surface area (Å²) in [5, 5.41) is 0. The van der Waals surface area contributed by atoms with Crippen molar-refractivity contribution in [3.05, 3.63) is 0 Å². The highest BCUT2D eigenvalue weighted by molar-refractivity contribution is 7.99. The third-order valence-corrected chi connectivity index (χ3v) is 4.68. The van der Waals surface area contributed by atoms with Crippen LogP contribution in [0.4, 0.5) is 0 Å². The zero-order chi connectivity index (χ0) is 24.8. The predicted molar refractivity (Wildman–Crippen MR) is 112 cm³/mol. The Balaban J connectivity index is 6.51. The summed E-state index contributed by atoms with van der Waals surface area (Å²) >= 11 is 1.26. The summed E-state index contributed by atoms with van der Waals surface area (Å²) in [6.45, 7) is 8.90. The minimum atomic E-state index is -1.48. The van der Waals surface area contributed by atoms with Gasteiger partial charge in [-0.2, -0.15) is 0 Å². The molecule has 0 aromatic heterocycles. The molecule has 0 heterocycles. The van der Waals surface area contributed by atoms with E-state index in [4.69, 9.17) is 28.4 Å². The number of hydrogen-bond acceptors (Lipinski definition) is 12. The number of carbonyl (C=O) groups excluding carboxylic acids is 5. The van der Waals surface area contributed by atoms with Gasteiger partial charge in [-0.25, -0.2) is 0 Å². The van der Waals surface area contributed by atoms with E-state index in [1.54, 1.807) is 6.92 Å². The maximum Gasteiger partial charge on any atom is 0.303 e. The lowest BCUT2D eigenvalue weighted by molar-refractivity contribution is -0.208. The fourth-order valence-electron chi connectivity index (χ4n) is 2.70. The van der Waals surface area contributed by atoms with Gasteiger partial charge in [-0.05, 0) is 12.7 Å². The van der Waals surface area contributed by atoms with Gasteiger partial charge in [0.05, 0.1) is 0 Å². The lowest BCUT2D eigenvalue weighted by Crippen LogP contribution is -2.56. The van der Waals surface area contributed by atoms with E-state index in [2.05, 4.69) is 0 Å². The van der Waals surface area contributed by atoms with E-state index in [-0.39, 0.29) is 6.61 Å². The van der Waals surface area contributed by atoms with Crippen LogP contribution < -0.4 is 0 Å². The van der Waals surface area contributed by atoms with Gasteiger partial charge in [0.25, 0.3) is 0 Å². The topological polar surface area (TPSA) is 141 Å². The zero-order valence-electron chi connectivity index (χ0n) is 19.4. The van der Waals surface area contributed by atoms with Gasteiger partial charge >= 0.3 is 29.8 Å². The second-order valence-corrected chi connectivity index (χ2v) is 7.83. The molecule has 184 valence electrons. The first kappa shape index (κ1) is 29.7. The minimum absolute atomic E-state index is 0.237. The van der Waals surface area contributed by atoms with Crippen LogP contribution in [0.25, 0.3) is 0 Å². The van der Waals surface area contributed by atoms with Gasteiger partial charge in [0, 0.05) is 41.2 Å². The second kappa shape index (κ2) is 15.5. The highest BCUT2D eigenvalue weighted by Crippen LogP contribution is 2.28. The molecule has 0 aliphatic carbocycles. The van der Waals surface area contributed by atoms with Crippen LogP contribution in [0, 0.1) is 0 Å². The van der Waals surface area contributed by atoms with Crippen molar-refractivity contribution >= 4 is 41.6 Å². The number of rotatable bonds is 14. The quantitative estimate of drug-likeness (QED) is 0.201. The smallest absolute Gasteiger partial charge is 0.303 e. The Morgan fingerprint density at radius 2 is 1.12 bits per heavy atom. The van der Waals surface area contributed by atoms with Gasteiger partial charge in [-0.1, -0.05) is 6.92 Å². The van der Waals surface area contributed by atoms with E-state index >= 15 is 0 Å². The van der Waals surface area contributed by atoms with Crippen molar-refractivity contribution in [2.45, 2.75) is 78.3 Å². The number of ether oxygens (including phenoxy) is 6. The summed E-state index contributed by atoms with van der Waals surface area (Å²) in [4.78, 5) is 58.7. The molecular weight excluding hydrogens is 448 g/mol. The van der Waals surface area contributed by atoms with Gasteiger partial charge in [0.15, 0.2) is 24.4 Å². The van der Waals surface area contributed by atoms with Crippen LogP contribution >= 0.6 is 11.8 Å². The largest absolute Gasteiger partial charge is 0.462 e. The van der Waals surface area contributed by atoms with Gasteiger partial charge in [-0.15, -0.1) is 11.8 Å². The normalized spacial score (nSPS) is 15.3. The summed E-state index contributed by atoms with van der Waals surface area (Å²) in [6.07, 6.45) is -5.54. The van der Waals surface area contributed by atoms with Crippen molar-refractivity contribution in [1.29, 1.82) is 0 Å². The Hall–Kier alpha value is -2.34. The van der Waals surface area contributed by atoms with Gasteiger partial charge in [0.1, 0.15) is 12.0 Å². The van der Waals surface area contributed by atoms with Crippen molar-refractivity contribution in [3.63, 3.8) is 0 Å². The molecule has 0 amide bonds. The molecule has 32 heavy (non-hydrogen) atoms. The van der Waals surface area contributed by atoms with Crippen molar-refractivity contribution in [2.24, 2.45) is 0 Å². The van der Waals surface area contributed by atoms with Crippen LogP contribution in [-0.4, -0.2) is 78.7 Å². The molecule has 0 saturated heterocycles. The first-order chi connectivity index (χ1) is 14.9. The van der Waals surface area contributed by atoms with E-state index in [9.17, 15) is 24.0 Å². The fraction of sp³-hybridized carbons (Fsp3) is 0.750. The fourth-order valence-corrected chi connectivity index (χ4v) is 3.66. The molecule has 0 N–H and O–H groups in total. The summed E-state index contributed by atoms with van der Waals surface area (Å²) < 4.78 is 32.0. The highest BCUT2D eigenvalue weighted by Gasteiger charge is 2.47. The Morgan fingerprint density at radius 1 is 0.656 bits per heavy atom. The average molecular weight is 481 g/mol. The van der Waals surface area contributed by atoms with E-state index in [1.165, 1.54) is 11.8 Å².